The van der Waals surface area contributed by atoms with Gasteiger partial charge in [0.25, 0.3) is 0 Å². The molecular formula is C17H17F5N2O2. The van der Waals surface area contributed by atoms with Crippen LogP contribution in [0, 0.1) is 11.6 Å². The van der Waals surface area contributed by atoms with Crippen LogP contribution in [0.4, 0.5) is 27.6 Å². The van der Waals surface area contributed by atoms with E-state index < -0.39 is 36.8 Å². The van der Waals surface area contributed by atoms with Gasteiger partial charge in [0.15, 0.2) is 11.6 Å². The van der Waals surface area contributed by atoms with Gasteiger partial charge in [0.1, 0.15) is 12.3 Å². The molecule has 0 aliphatic carbocycles. The maximum absolute atomic E-state index is 13.4. The number of benzene rings is 1. The van der Waals surface area contributed by atoms with E-state index in [-0.39, 0.29) is 24.5 Å². The number of amides is 1. The minimum absolute atomic E-state index is 0.199. The number of furan rings is 1. The normalized spacial score (nSPS) is 11.5. The van der Waals surface area contributed by atoms with Crippen LogP contribution in [0.2, 0.25) is 0 Å². The lowest BCUT2D eigenvalue weighted by molar-refractivity contribution is -0.162. The Bertz CT molecular complexity index is 731. The van der Waals surface area contributed by atoms with Gasteiger partial charge in [-0.2, -0.15) is 13.2 Å². The lowest BCUT2D eigenvalue weighted by atomic mass is 10.2. The standard InChI is InChI=1S/C17H17F5N2O2/c1-2-23(12-5-6-14(18)15(19)8-12)10-16(25)24(11-17(20,21)22)9-13-4-3-7-26-13/h3-8H,2,9-11H2,1H3. The molecule has 0 bridgehead atoms. The highest BCUT2D eigenvalue weighted by molar-refractivity contribution is 5.81. The van der Waals surface area contributed by atoms with Crippen molar-refractivity contribution in [3.05, 3.63) is 54.0 Å². The van der Waals surface area contributed by atoms with E-state index in [1.165, 1.54) is 29.4 Å². The van der Waals surface area contributed by atoms with Gasteiger partial charge in [-0.05, 0) is 31.2 Å². The molecule has 0 saturated carbocycles. The van der Waals surface area contributed by atoms with Gasteiger partial charge in [0.2, 0.25) is 5.91 Å². The summed E-state index contributed by atoms with van der Waals surface area (Å²) in [5.41, 5.74) is 0.199. The lowest BCUT2D eigenvalue weighted by Gasteiger charge is -2.28. The first-order valence-electron chi connectivity index (χ1n) is 7.76. The van der Waals surface area contributed by atoms with E-state index >= 15 is 0 Å². The molecule has 1 aromatic heterocycles. The quantitative estimate of drug-likeness (QED) is 0.686. The highest BCUT2D eigenvalue weighted by Gasteiger charge is 2.33. The lowest BCUT2D eigenvalue weighted by Crippen LogP contribution is -2.44. The fourth-order valence-corrected chi connectivity index (χ4v) is 2.37. The molecule has 0 aliphatic rings. The van der Waals surface area contributed by atoms with E-state index in [1.807, 2.05) is 0 Å². The molecule has 0 radical (unpaired) electrons. The van der Waals surface area contributed by atoms with Gasteiger partial charge in [-0.25, -0.2) is 8.78 Å². The van der Waals surface area contributed by atoms with Crippen molar-refractivity contribution in [2.45, 2.75) is 19.6 Å². The van der Waals surface area contributed by atoms with Crippen LogP contribution in [0.15, 0.2) is 41.0 Å². The van der Waals surface area contributed by atoms with Crippen molar-refractivity contribution < 1.29 is 31.2 Å². The molecule has 0 atom stereocenters. The third kappa shape index (κ3) is 5.47. The van der Waals surface area contributed by atoms with Crippen LogP contribution in [-0.2, 0) is 11.3 Å². The molecule has 0 fully saturated rings. The highest BCUT2D eigenvalue weighted by Crippen LogP contribution is 2.21. The van der Waals surface area contributed by atoms with Gasteiger partial charge < -0.3 is 14.2 Å². The molecule has 4 nitrogen and oxygen atoms in total. The Kier molecular flexibility index (Phi) is 6.23. The van der Waals surface area contributed by atoms with Gasteiger partial charge in [-0.15, -0.1) is 0 Å². The number of halogens is 5. The summed E-state index contributed by atoms with van der Waals surface area (Å²) in [6.45, 7) is -0.340. The van der Waals surface area contributed by atoms with Gasteiger partial charge in [-0.1, -0.05) is 0 Å². The summed E-state index contributed by atoms with van der Waals surface area (Å²) in [5, 5.41) is 0. The molecule has 0 saturated heterocycles. The fourth-order valence-electron chi connectivity index (χ4n) is 2.37. The van der Waals surface area contributed by atoms with Crippen molar-refractivity contribution in [2.75, 3.05) is 24.5 Å². The molecule has 0 aliphatic heterocycles. The molecule has 0 unspecified atom stereocenters. The van der Waals surface area contributed by atoms with E-state index in [4.69, 9.17) is 4.42 Å². The Hall–Kier alpha value is -2.58. The minimum Gasteiger partial charge on any atom is -0.467 e. The predicted molar refractivity (Wildman–Crippen MR) is 84.4 cm³/mol. The Morgan fingerprint density at radius 1 is 1.15 bits per heavy atom. The Labute approximate surface area is 146 Å². The monoisotopic (exact) mass is 376 g/mol. The van der Waals surface area contributed by atoms with Gasteiger partial charge in [-0.3, -0.25) is 4.79 Å². The molecular weight excluding hydrogens is 359 g/mol. The second kappa shape index (κ2) is 8.20. The summed E-state index contributed by atoms with van der Waals surface area (Å²) in [7, 11) is 0. The number of carbonyl (C=O) groups is 1. The Morgan fingerprint density at radius 3 is 2.42 bits per heavy atom. The first kappa shape index (κ1) is 19.7. The average Bonchev–Trinajstić information content (AvgIpc) is 3.06. The zero-order valence-corrected chi connectivity index (χ0v) is 13.9. The Balaban J connectivity index is 2.16. The highest BCUT2D eigenvalue weighted by atomic mass is 19.4. The number of hydrogen-bond donors (Lipinski definition) is 0. The third-order valence-corrected chi connectivity index (χ3v) is 3.63. The van der Waals surface area contributed by atoms with Gasteiger partial charge in [0, 0.05) is 18.3 Å². The number of carbonyl (C=O) groups excluding carboxylic acids is 1. The van der Waals surface area contributed by atoms with Crippen molar-refractivity contribution in [1.29, 1.82) is 0 Å². The van der Waals surface area contributed by atoms with E-state index in [9.17, 15) is 26.7 Å². The zero-order chi connectivity index (χ0) is 19.3. The summed E-state index contributed by atoms with van der Waals surface area (Å²) >= 11 is 0. The number of anilines is 1. The Morgan fingerprint density at radius 2 is 1.88 bits per heavy atom. The first-order valence-corrected chi connectivity index (χ1v) is 7.76. The summed E-state index contributed by atoms with van der Waals surface area (Å²) in [6, 6.07) is 6.02. The van der Waals surface area contributed by atoms with Crippen LogP contribution in [0.5, 0.6) is 0 Å². The molecule has 1 aromatic carbocycles. The zero-order valence-electron chi connectivity index (χ0n) is 13.9. The van der Waals surface area contributed by atoms with E-state index in [2.05, 4.69) is 0 Å². The molecule has 9 heteroatoms. The van der Waals surface area contributed by atoms with Gasteiger partial charge in [0.05, 0.1) is 19.4 Å². The molecule has 0 N–H and O–H groups in total. The second-order valence-electron chi connectivity index (χ2n) is 5.56. The second-order valence-corrected chi connectivity index (χ2v) is 5.56. The molecule has 2 rings (SSSR count). The van der Waals surface area contributed by atoms with Crippen molar-refractivity contribution >= 4 is 11.6 Å². The smallest absolute Gasteiger partial charge is 0.406 e. The summed E-state index contributed by atoms with van der Waals surface area (Å²) in [5.74, 6) is -2.76. The number of alkyl halides is 3. The maximum atomic E-state index is 13.4. The largest absolute Gasteiger partial charge is 0.467 e. The molecule has 1 heterocycles. The van der Waals surface area contributed by atoms with Crippen LogP contribution in [0.1, 0.15) is 12.7 Å². The number of nitrogens with zero attached hydrogens (tertiary/aromatic N) is 2. The third-order valence-electron chi connectivity index (χ3n) is 3.63. The molecule has 1 amide bonds. The topological polar surface area (TPSA) is 36.7 Å². The predicted octanol–water partition coefficient (Wildman–Crippen LogP) is 3.98. The number of likely N-dealkylation sites (N-methyl/N-ethyl adjacent to an activating group) is 1. The number of rotatable bonds is 7. The molecule has 0 spiro atoms. The average molecular weight is 376 g/mol. The van der Waals surface area contributed by atoms with Crippen molar-refractivity contribution in [2.24, 2.45) is 0 Å². The number of hydrogen-bond acceptors (Lipinski definition) is 3. The summed E-state index contributed by atoms with van der Waals surface area (Å²) in [4.78, 5) is 14.4. The first-order chi connectivity index (χ1) is 12.2. The van der Waals surface area contributed by atoms with E-state index in [0.29, 0.717) is 4.90 Å². The molecule has 26 heavy (non-hydrogen) atoms. The van der Waals surface area contributed by atoms with Gasteiger partial charge >= 0.3 is 6.18 Å². The molecule has 142 valence electrons. The van der Waals surface area contributed by atoms with Crippen LogP contribution in [-0.4, -0.2) is 36.6 Å². The van der Waals surface area contributed by atoms with E-state index in [1.54, 1.807) is 6.92 Å². The maximum Gasteiger partial charge on any atom is 0.406 e. The van der Waals surface area contributed by atoms with Crippen LogP contribution in [0.25, 0.3) is 0 Å². The van der Waals surface area contributed by atoms with Crippen LogP contribution >= 0.6 is 0 Å². The SMILES string of the molecule is CCN(CC(=O)N(Cc1ccco1)CC(F)(F)F)c1ccc(F)c(F)c1. The van der Waals surface area contributed by atoms with Crippen molar-refractivity contribution in [1.82, 2.24) is 4.90 Å². The van der Waals surface area contributed by atoms with Crippen LogP contribution in [0.3, 0.4) is 0 Å². The minimum atomic E-state index is -4.58. The van der Waals surface area contributed by atoms with Crippen molar-refractivity contribution in [3.8, 4) is 0 Å². The fraction of sp³-hybridized carbons (Fsp3) is 0.353. The summed E-state index contributed by atoms with van der Waals surface area (Å²) < 4.78 is 69.9. The summed E-state index contributed by atoms with van der Waals surface area (Å²) in [6.07, 6.45) is -3.29. The van der Waals surface area contributed by atoms with Crippen LogP contribution < -0.4 is 4.90 Å². The molecule has 2 aromatic rings. The van der Waals surface area contributed by atoms with Crippen molar-refractivity contribution in [3.63, 3.8) is 0 Å². The van der Waals surface area contributed by atoms with E-state index in [0.717, 1.165) is 12.1 Å².